The molecule has 1 aromatic heterocycles. The van der Waals surface area contributed by atoms with E-state index in [0.29, 0.717) is 17.5 Å². The molecule has 0 spiro atoms. The average molecular weight is 327 g/mol. The number of amides is 1. The number of hydrogen-bond acceptors (Lipinski definition) is 3. The van der Waals surface area contributed by atoms with Gasteiger partial charge >= 0.3 is 0 Å². The fourth-order valence-electron chi connectivity index (χ4n) is 2.92. The van der Waals surface area contributed by atoms with E-state index in [1.54, 1.807) is 24.4 Å². The van der Waals surface area contributed by atoms with Crippen molar-refractivity contribution in [1.29, 1.82) is 0 Å². The van der Waals surface area contributed by atoms with Gasteiger partial charge < -0.3 is 9.80 Å². The Morgan fingerprint density at radius 2 is 1.96 bits per heavy atom. The van der Waals surface area contributed by atoms with Gasteiger partial charge in [-0.1, -0.05) is 18.2 Å². The van der Waals surface area contributed by atoms with E-state index in [-0.39, 0.29) is 11.7 Å². The zero-order valence-corrected chi connectivity index (χ0v) is 13.9. The topological polar surface area (TPSA) is 36.4 Å². The first-order chi connectivity index (χ1) is 11.6. The van der Waals surface area contributed by atoms with Crippen molar-refractivity contribution >= 4 is 5.91 Å². The van der Waals surface area contributed by atoms with Crippen molar-refractivity contribution in [2.45, 2.75) is 12.8 Å². The maximum Gasteiger partial charge on any atom is 0.255 e. The van der Waals surface area contributed by atoms with Gasteiger partial charge in [0.1, 0.15) is 5.82 Å². The van der Waals surface area contributed by atoms with Crippen LogP contribution in [-0.4, -0.2) is 53.9 Å². The minimum Gasteiger partial charge on any atom is -0.337 e. The Morgan fingerprint density at radius 3 is 2.71 bits per heavy atom. The summed E-state index contributed by atoms with van der Waals surface area (Å²) < 4.78 is 13.7. The van der Waals surface area contributed by atoms with Gasteiger partial charge in [0.25, 0.3) is 5.91 Å². The van der Waals surface area contributed by atoms with E-state index in [1.165, 1.54) is 6.07 Å². The molecular formula is C19H22FN3O. The van der Waals surface area contributed by atoms with Gasteiger partial charge in [0, 0.05) is 37.9 Å². The number of benzene rings is 1. The first kappa shape index (κ1) is 16.6. The minimum atomic E-state index is -0.229. The summed E-state index contributed by atoms with van der Waals surface area (Å²) in [7, 11) is 2.08. The Hall–Kier alpha value is -2.27. The molecule has 4 nitrogen and oxygen atoms in total. The molecular weight excluding hydrogens is 305 g/mol. The summed E-state index contributed by atoms with van der Waals surface area (Å²) in [6, 6.07) is 10.3. The third-order valence-electron chi connectivity index (χ3n) is 4.41. The first-order valence-electron chi connectivity index (χ1n) is 8.29. The van der Waals surface area contributed by atoms with Gasteiger partial charge in [-0.3, -0.25) is 9.78 Å². The van der Waals surface area contributed by atoms with E-state index in [0.717, 1.165) is 38.3 Å². The SMILES string of the molecule is CN1CCCN(C(=O)c2ccc(Cc3ccccc3F)nc2)CC1. The second-order valence-electron chi connectivity index (χ2n) is 6.26. The predicted octanol–water partition coefficient (Wildman–Crippen LogP) is 2.59. The van der Waals surface area contributed by atoms with Gasteiger partial charge in [-0.2, -0.15) is 0 Å². The molecule has 1 aliphatic rings. The van der Waals surface area contributed by atoms with Gasteiger partial charge in [-0.05, 0) is 43.8 Å². The number of carbonyl (C=O) groups is 1. The Morgan fingerprint density at radius 1 is 1.12 bits per heavy atom. The van der Waals surface area contributed by atoms with Gasteiger partial charge in [0.05, 0.1) is 5.56 Å². The molecule has 1 amide bonds. The first-order valence-corrected chi connectivity index (χ1v) is 8.29. The molecule has 0 bridgehead atoms. The van der Waals surface area contributed by atoms with Crippen LogP contribution in [0.1, 0.15) is 28.0 Å². The normalized spacial score (nSPS) is 16.0. The quantitative estimate of drug-likeness (QED) is 0.869. The summed E-state index contributed by atoms with van der Waals surface area (Å²) in [5.74, 6) is -0.205. The lowest BCUT2D eigenvalue weighted by atomic mass is 10.1. The Balaban J connectivity index is 1.67. The zero-order valence-electron chi connectivity index (χ0n) is 13.9. The highest BCUT2D eigenvalue weighted by molar-refractivity contribution is 5.93. The molecule has 126 valence electrons. The van der Waals surface area contributed by atoms with Gasteiger partial charge in [0.15, 0.2) is 0 Å². The van der Waals surface area contributed by atoms with Crippen molar-refractivity contribution in [3.8, 4) is 0 Å². The number of nitrogens with zero attached hydrogens (tertiary/aromatic N) is 3. The molecule has 0 radical (unpaired) electrons. The number of pyridine rings is 1. The number of hydrogen-bond donors (Lipinski definition) is 0. The smallest absolute Gasteiger partial charge is 0.255 e. The Bertz CT molecular complexity index is 702. The summed E-state index contributed by atoms with van der Waals surface area (Å²) in [4.78, 5) is 21.1. The molecule has 5 heteroatoms. The van der Waals surface area contributed by atoms with Crippen molar-refractivity contribution < 1.29 is 9.18 Å². The molecule has 3 rings (SSSR count). The van der Waals surface area contributed by atoms with E-state index < -0.39 is 0 Å². The zero-order chi connectivity index (χ0) is 16.9. The highest BCUT2D eigenvalue weighted by Gasteiger charge is 2.19. The van der Waals surface area contributed by atoms with Crippen LogP contribution in [0, 0.1) is 5.82 Å². The largest absolute Gasteiger partial charge is 0.337 e. The highest BCUT2D eigenvalue weighted by Crippen LogP contribution is 2.13. The molecule has 24 heavy (non-hydrogen) atoms. The lowest BCUT2D eigenvalue weighted by Gasteiger charge is -2.20. The van der Waals surface area contributed by atoms with Crippen LogP contribution in [0.25, 0.3) is 0 Å². The molecule has 0 aliphatic carbocycles. The highest BCUT2D eigenvalue weighted by atomic mass is 19.1. The van der Waals surface area contributed by atoms with Gasteiger partial charge in [-0.25, -0.2) is 4.39 Å². The van der Waals surface area contributed by atoms with Crippen LogP contribution in [0.5, 0.6) is 0 Å². The van der Waals surface area contributed by atoms with Crippen molar-refractivity contribution in [2.24, 2.45) is 0 Å². The van der Waals surface area contributed by atoms with E-state index in [2.05, 4.69) is 16.9 Å². The summed E-state index contributed by atoms with van der Waals surface area (Å²) >= 11 is 0. The van der Waals surface area contributed by atoms with Gasteiger partial charge in [0.2, 0.25) is 0 Å². The summed E-state index contributed by atoms with van der Waals surface area (Å²) in [6.45, 7) is 3.43. The summed E-state index contributed by atoms with van der Waals surface area (Å²) in [5, 5.41) is 0. The number of carbonyl (C=O) groups excluding carboxylic acids is 1. The standard InChI is InChI=1S/C19H22FN3O/c1-22-9-4-10-23(12-11-22)19(24)16-7-8-17(21-14-16)13-15-5-2-3-6-18(15)20/h2-3,5-8,14H,4,9-13H2,1H3. The summed E-state index contributed by atoms with van der Waals surface area (Å²) in [6.07, 6.45) is 3.02. The third-order valence-corrected chi connectivity index (χ3v) is 4.41. The molecule has 1 aromatic carbocycles. The van der Waals surface area contributed by atoms with Crippen LogP contribution < -0.4 is 0 Å². The van der Waals surface area contributed by atoms with E-state index in [9.17, 15) is 9.18 Å². The minimum absolute atomic E-state index is 0.0234. The van der Waals surface area contributed by atoms with Crippen molar-refractivity contribution in [3.05, 3.63) is 65.2 Å². The van der Waals surface area contributed by atoms with E-state index >= 15 is 0 Å². The van der Waals surface area contributed by atoms with Crippen LogP contribution in [-0.2, 0) is 6.42 Å². The Kier molecular flexibility index (Phi) is 5.20. The van der Waals surface area contributed by atoms with Crippen LogP contribution >= 0.6 is 0 Å². The molecule has 0 atom stereocenters. The molecule has 2 heterocycles. The number of likely N-dealkylation sites (N-methyl/N-ethyl adjacent to an activating group) is 1. The fraction of sp³-hybridized carbons (Fsp3) is 0.368. The molecule has 0 saturated carbocycles. The van der Waals surface area contributed by atoms with Crippen molar-refractivity contribution in [1.82, 2.24) is 14.8 Å². The van der Waals surface area contributed by atoms with Crippen LogP contribution in [0.4, 0.5) is 4.39 Å². The van der Waals surface area contributed by atoms with Crippen molar-refractivity contribution in [2.75, 3.05) is 33.2 Å². The molecule has 1 fully saturated rings. The summed E-state index contributed by atoms with van der Waals surface area (Å²) in [5.41, 5.74) is 1.96. The van der Waals surface area contributed by atoms with E-state index in [4.69, 9.17) is 0 Å². The molecule has 1 aliphatic heterocycles. The molecule has 0 N–H and O–H groups in total. The molecule has 0 unspecified atom stereocenters. The third kappa shape index (κ3) is 3.97. The monoisotopic (exact) mass is 327 g/mol. The maximum absolute atomic E-state index is 13.7. The predicted molar refractivity (Wildman–Crippen MR) is 91.5 cm³/mol. The second kappa shape index (κ2) is 7.53. The van der Waals surface area contributed by atoms with E-state index in [1.807, 2.05) is 17.0 Å². The van der Waals surface area contributed by atoms with Crippen molar-refractivity contribution in [3.63, 3.8) is 0 Å². The lowest BCUT2D eigenvalue weighted by molar-refractivity contribution is 0.0762. The number of aromatic nitrogens is 1. The van der Waals surface area contributed by atoms with Crippen LogP contribution in [0.2, 0.25) is 0 Å². The lowest BCUT2D eigenvalue weighted by Crippen LogP contribution is -2.34. The van der Waals surface area contributed by atoms with Crippen LogP contribution in [0.3, 0.4) is 0 Å². The van der Waals surface area contributed by atoms with Gasteiger partial charge in [-0.15, -0.1) is 0 Å². The fourth-order valence-corrected chi connectivity index (χ4v) is 2.92. The Labute approximate surface area is 141 Å². The van der Waals surface area contributed by atoms with Crippen LogP contribution in [0.15, 0.2) is 42.6 Å². The average Bonchev–Trinajstić information content (AvgIpc) is 2.82. The molecule has 1 saturated heterocycles. The number of halogens is 1. The number of rotatable bonds is 3. The second-order valence-corrected chi connectivity index (χ2v) is 6.26. The maximum atomic E-state index is 13.7. The molecule has 2 aromatic rings.